The van der Waals surface area contributed by atoms with Crippen LogP contribution in [0.1, 0.15) is 79.0 Å². The molecule has 0 bridgehead atoms. The molecule has 0 radical (unpaired) electrons. The Bertz CT molecular complexity index is 3150. The van der Waals surface area contributed by atoms with E-state index >= 15 is 0 Å². The van der Waals surface area contributed by atoms with Crippen molar-refractivity contribution >= 4 is 77.6 Å². The average molecular weight is 777 g/mol. The molecule has 1 unspecified atom stereocenters. The molecule has 60 heavy (non-hydrogen) atoms. The smallest absolute Gasteiger partial charge is 0.0566 e. The SMILES string of the molecule is Cc1ccc(N(c2ccc3ccccc3c2)c2cc3c4c(cc5c(N(c6ccc(C)cc6)C6C=Cc7ccccc7C6)cc(C(C)C)c6ccc2c4c65)C(C)(C)CC3)cc1. The van der Waals surface area contributed by atoms with Gasteiger partial charge in [-0.3, -0.25) is 0 Å². The lowest BCUT2D eigenvalue weighted by atomic mass is 9.70. The molecule has 11 rings (SSSR count). The van der Waals surface area contributed by atoms with Crippen molar-refractivity contribution in [3.63, 3.8) is 0 Å². The molecule has 0 aliphatic heterocycles. The minimum Gasteiger partial charge on any atom is -0.334 e. The maximum atomic E-state index is 2.67. The molecule has 0 amide bonds. The van der Waals surface area contributed by atoms with Gasteiger partial charge in [0.2, 0.25) is 0 Å². The van der Waals surface area contributed by atoms with E-state index in [1.807, 2.05) is 0 Å². The molecule has 0 saturated heterocycles. The zero-order chi connectivity index (χ0) is 40.9. The van der Waals surface area contributed by atoms with Crippen molar-refractivity contribution in [2.24, 2.45) is 0 Å². The van der Waals surface area contributed by atoms with Gasteiger partial charge in [-0.25, -0.2) is 0 Å². The van der Waals surface area contributed by atoms with Crippen molar-refractivity contribution in [3.8, 4) is 0 Å². The van der Waals surface area contributed by atoms with Gasteiger partial charge < -0.3 is 9.80 Å². The van der Waals surface area contributed by atoms with Crippen molar-refractivity contribution in [2.45, 2.75) is 78.2 Å². The summed E-state index contributed by atoms with van der Waals surface area (Å²) in [6.07, 6.45) is 7.89. The average Bonchev–Trinajstić information content (AvgIpc) is 3.26. The molecule has 1 atom stereocenters. The number of hydrogen-bond donors (Lipinski definition) is 0. The predicted molar refractivity (Wildman–Crippen MR) is 259 cm³/mol. The van der Waals surface area contributed by atoms with Crippen LogP contribution < -0.4 is 9.80 Å². The zero-order valence-corrected chi connectivity index (χ0v) is 35.7. The van der Waals surface area contributed by atoms with Crippen LogP contribution in [0, 0.1) is 13.8 Å². The molecule has 0 saturated carbocycles. The van der Waals surface area contributed by atoms with Crippen LogP contribution in [-0.2, 0) is 18.3 Å². The van der Waals surface area contributed by atoms with E-state index in [1.54, 1.807) is 0 Å². The standard InChI is InChI=1S/C58H52N2/c1-36(2)50-35-54(60(45-23-17-38(4)18-24-45)47-26-20-40-12-8-10-14-42(40)32-47)51-34-52-55-43(29-30-58(52,5)6)33-53(49-28-27-48(50)56(51)57(49)55)59(44-21-15-37(3)16-22-44)46-25-19-39-11-7-9-13-41(39)31-46/h7-28,31,33-36,47H,29-30,32H2,1-6H3. The van der Waals surface area contributed by atoms with Crippen molar-refractivity contribution < 1.29 is 0 Å². The van der Waals surface area contributed by atoms with Crippen LogP contribution in [0.4, 0.5) is 28.4 Å². The number of fused-ring (bicyclic) bond motifs is 2. The summed E-state index contributed by atoms with van der Waals surface area (Å²) >= 11 is 0. The van der Waals surface area contributed by atoms with E-state index in [1.165, 1.54) is 110 Å². The van der Waals surface area contributed by atoms with Crippen LogP contribution in [0.5, 0.6) is 0 Å². The summed E-state index contributed by atoms with van der Waals surface area (Å²) in [6, 6.07) is 55.7. The Morgan fingerprint density at radius 1 is 0.567 bits per heavy atom. The fourth-order valence-corrected chi connectivity index (χ4v) is 10.6. The number of aryl methyl sites for hydroxylation is 3. The van der Waals surface area contributed by atoms with Crippen LogP contribution >= 0.6 is 0 Å². The number of nitrogens with zero attached hydrogens (tertiary/aromatic N) is 2. The maximum Gasteiger partial charge on any atom is 0.0566 e. The van der Waals surface area contributed by atoms with Gasteiger partial charge in [-0.15, -0.1) is 0 Å². The number of benzene rings is 9. The highest BCUT2D eigenvalue weighted by Gasteiger charge is 2.34. The Morgan fingerprint density at radius 2 is 1.25 bits per heavy atom. The molecular weight excluding hydrogens is 725 g/mol. The van der Waals surface area contributed by atoms with Gasteiger partial charge in [0, 0.05) is 38.9 Å². The number of rotatable bonds is 7. The Hall–Kier alpha value is -6.38. The lowest BCUT2D eigenvalue weighted by Crippen LogP contribution is -2.33. The molecule has 294 valence electrons. The Kier molecular flexibility index (Phi) is 8.47. The van der Waals surface area contributed by atoms with Gasteiger partial charge in [0.25, 0.3) is 0 Å². The van der Waals surface area contributed by atoms with Crippen LogP contribution in [0.2, 0.25) is 0 Å². The molecule has 0 fully saturated rings. The molecule has 2 heteroatoms. The van der Waals surface area contributed by atoms with Gasteiger partial charge in [-0.05, 0) is 154 Å². The first-order chi connectivity index (χ1) is 29.1. The van der Waals surface area contributed by atoms with Crippen LogP contribution in [0.3, 0.4) is 0 Å². The summed E-state index contributed by atoms with van der Waals surface area (Å²) in [5, 5.41) is 10.8. The van der Waals surface area contributed by atoms with E-state index in [-0.39, 0.29) is 11.5 Å². The van der Waals surface area contributed by atoms with Gasteiger partial charge >= 0.3 is 0 Å². The van der Waals surface area contributed by atoms with Crippen molar-refractivity contribution in [2.75, 3.05) is 9.80 Å². The second-order valence-electron chi connectivity index (χ2n) is 18.6. The lowest BCUT2D eigenvalue weighted by Gasteiger charge is -2.38. The second-order valence-corrected chi connectivity index (χ2v) is 18.6. The summed E-state index contributed by atoms with van der Waals surface area (Å²) in [5.41, 5.74) is 15.7. The first-order valence-corrected chi connectivity index (χ1v) is 21.9. The van der Waals surface area contributed by atoms with Gasteiger partial charge in [-0.1, -0.05) is 142 Å². The quantitative estimate of drug-likeness (QED) is 0.149. The van der Waals surface area contributed by atoms with Gasteiger partial charge in [0.1, 0.15) is 0 Å². The van der Waals surface area contributed by atoms with Crippen LogP contribution in [0.25, 0.3) is 49.2 Å². The number of hydrogen-bond acceptors (Lipinski definition) is 2. The highest BCUT2D eigenvalue weighted by molar-refractivity contribution is 6.30. The molecule has 2 nitrogen and oxygen atoms in total. The summed E-state index contributed by atoms with van der Waals surface area (Å²) in [5.74, 6) is 0.334. The first-order valence-electron chi connectivity index (χ1n) is 21.9. The molecule has 0 N–H and O–H groups in total. The molecule has 9 aromatic rings. The van der Waals surface area contributed by atoms with Crippen molar-refractivity contribution in [1.29, 1.82) is 0 Å². The van der Waals surface area contributed by atoms with Gasteiger partial charge in [0.05, 0.1) is 11.7 Å². The van der Waals surface area contributed by atoms with E-state index in [2.05, 4.69) is 209 Å². The molecule has 0 heterocycles. The van der Waals surface area contributed by atoms with E-state index in [0.29, 0.717) is 5.92 Å². The highest BCUT2D eigenvalue weighted by Crippen LogP contribution is 2.54. The van der Waals surface area contributed by atoms with E-state index in [4.69, 9.17) is 0 Å². The second kappa shape index (κ2) is 13.8. The Morgan fingerprint density at radius 3 is 2.02 bits per heavy atom. The topological polar surface area (TPSA) is 6.48 Å². The molecule has 0 aromatic heterocycles. The Labute approximate surface area is 354 Å². The molecule has 9 aromatic carbocycles. The minimum atomic E-state index is 0.0165. The normalized spacial score (nSPS) is 15.7. The summed E-state index contributed by atoms with van der Waals surface area (Å²) < 4.78 is 0. The fourth-order valence-electron chi connectivity index (χ4n) is 10.6. The van der Waals surface area contributed by atoms with E-state index in [9.17, 15) is 0 Å². The third-order valence-electron chi connectivity index (χ3n) is 13.9. The first kappa shape index (κ1) is 36.7. The molecule has 2 aliphatic rings. The summed E-state index contributed by atoms with van der Waals surface area (Å²) in [4.78, 5) is 5.20. The monoisotopic (exact) mass is 776 g/mol. The van der Waals surface area contributed by atoms with Crippen LogP contribution in [-0.4, -0.2) is 6.04 Å². The largest absolute Gasteiger partial charge is 0.334 e. The number of anilines is 5. The molecular formula is C58H52N2. The van der Waals surface area contributed by atoms with Gasteiger partial charge in [-0.2, -0.15) is 0 Å². The highest BCUT2D eigenvalue weighted by atomic mass is 15.2. The summed E-state index contributed by atoms with van der Waals surface area (Å²) in [6.45, 7) is 14.1. The minimum absolute atomic E-state index is 0.0165. The molecule has 0 spiro atoms. The predicted octanol–water partition coefficient (Wildman–Crippen LogP) is 15.9. The van der Waals surface area contributed by atoms with Crippen molar-refractivity contribution in [3.05, 3.63) is 191 Å². The van der Waals surface area contributed by atoms with Crippen LogP contribution in [0.15, 0.2) is 152 Å². The molecule has 2 aliphatic carbocycles. The lowest BCUT2D eigenvalue weighted by molar-refractivity contribution is 0.475. The van der Waals surface area contributed by atoms with E-state index in [0.717, 1.165) is 19.3 Å². The fraction of sp³-hybridized carbons (Fsp3) is 0.207. The summed E-state index contributed by atoms with van der Waals surface area (Å²) in [7, 11) is 0. The zero-order valence-electron chi connectivity index (χ0n) is 35.7. The maximum absolute atomic E-state index is 2.67. The van der Waals surface area contributed by atoms with Crippen molar-refractivity contribution in [1.82, 2.24) is 0 Å². The van der Waals surface area contributed by atoms with E-state index < -0.39 is 0 Å². The van der Waals surface area contributed by atoms with Gasteiger partial charge in [0.15, 0.2) is 0 Å². The third-order valence-corrected chi connectivity index (χ3v) is 13.9. The Balaban J connectivity index is 1.25. The third kappa shape index (κ3) is 5.83.